The van der Waals surface area contributed by atoms with Crippen LogP contribution in [0.15, 0.2) is 24.3 Å². The Morgan fingerprint density at radius 2 is 2.12 bits per heavy atom. The maximum absolute atomic E-state index is 11.0. The second-order valence-electron chi connectivity index (χ2n) is 2.88. The molecular formula is C10H10ClNO4. The molecule has 1 aromatic carbocycles. The average molecular weight is 244 g/mol. The van der Waals surface area contributed by atoms with Gasteiger partial charge < -0.3 is 15.2 Å². The Balaban J connectivity index is 2.40. The van der Waals surface area contributed by atoms with Crippen molar-refractivity contribution in [3.8, 4) is 5.75 Å². The van der Waals surface area contributed by atoms with E-state index in [9.17, 15) is 9.59 Å². The normalized spacial score (nSPS) is 9.56. The number of ether oxygens (including phenoxy) is 1. The summed E-state index contributed by atoms with van der Waals surface area (Å²) < 4.78 is 4.32. The summed E-state index contributed by atoms with van der Waals surface area (Å²) in [5, 5.41) is 11.8. The lowest BCUT2D eigenvalue weighted by atomic mass is 10.3. The SMILES string of the molecule is O=C(CCl)OC(=O)CNc1cccc(O)c1. The second kappa shape index (κ2) is 5.97. The zero-order chi connectivity index (χ0) is 12.0. The number of phenols is 1. The van der Waals surface area contributed by atoms with E-state index in [1.165, 1.54) is 12.1 Å². The van der Waals surface area contributed by atoms with Gasteiger partial charge in [0.05, 0.1) is 0 Å². The summed E-state index contributed by atoms with van der Waals surface area (Å²) in [7, 11) is 0. The molecule has 2 N–H and O–H groups in total. The number of hydrogen-bond donors (Lipinski definition) is 2. The van der Waals surface area contributed by atoms with E-state index in [1.807, 2.05) is 0 Å². The molecule has 6 heteroatoms. The van der Waals surface area contributed by atoms with Gasteiger partial charge in [0, 0.05) is 11.8 Å². The minimum Gasteiger partial charge on any atom is -0.508 e. The van der Waals surface area contributed by atoms with Gasteiger partial charge in [0.2, 0.25) is 0 Å². The first-order valence-corrected chi connectivity index (χ1v) is 4.97. The van der Waals surface area contributed by atoms with E-state index in [1.54, 1.807) is 12.1 Å². The zero-order valence-electron chi connectivity index (χ0n) is 8.27. The molecule has 0 atom stereocenters. The zero-order valence-corrected chi connectivity index (χ0v) is 9.03. The highest BCUT2D eigenvalue weighted by Gasteiger charge is 2.08. The van der Waals surface area contributed by atoms with E-state index in [0.717, 1.165) is 0 Å². The van der Waals surface area contributed by atoms with E-state index < -0.39 is 11.9 Å². The van der Waals surface area contributed by atoms with E-state index in [0.29, 0.717) is 5.69 Å². The first kappa shape index (κ1) is 12.3. The molecular weight excluding hydrogens is 234 g/mol. The molecule has 0 heterocycles. The molecule has 0 unspecified atom stereocenters. The summed E-state index contributed by atoms with van der Waals surface area (Å²) in [6.45, 7) is -0.175. The highest BCUT2D eigenvalue weighted by Crippen LogP contribution is 2.14. The van der Waals surface area contributed by atoms with Crippen molar-refractivity contribution in [2.75, 3.05) is 17.7 Å². The Morgan fingerprint density at radius 1 is 1.38 bits per heavy atom. The van der Waals surface area contributed by atoms with Crippen LogP contribution in [0.5, 0.6) is 5.75 Å². The number of phenolic OH excluding ortho intramolecular Hbond substituents is 1. The molecule has 0 saturated heterocycles. The molecule has 0 bridgehead atoms. The van der Waals surface area contributed by atoms with Gasteiger partial charge in [-0.15, -0.1) is 11.6 Å². The van der Waals surface area contributed by atoms with Crippen LogP contribution in [-0.2, 0) is 14.3 Å². The molecule has 0 aliphatic heterocycles. The van der Waals surface area contributed by atoms with Crippen molar-refractivity contribution in [1.29, 1.82) is 0 Å². The molecule has 0 aliphatic carbocycles. The fourth-order valence-corrected chi connectivity index (χ4v) is 1.03. The van der Waals surface area contributed by atoms with Gasteiger partial charge in [-0.1, -0.05) is 6.07 Å². The summed E-state index contributed by atoms with van der Waals surface area (Å²) in [6, 6.07) is 6.22. The van der Waals surface area contributed by atoms with Gasteiger partial charge in [-0.2, -0.15) is 0 Å². The van der Waals surface area contributed by atoms with Crippen LogP contribution in [0.2, 0.25) is 0 Å². The van der Waals surface area contributed by atoms with Crippen molar-refractivity contribution >= 4 is 29.2 Å². The van der Waals surface area contributed by atoms with Gasteiger partial charge in [-0.3, -0.25) is 4.79 Å². The molecule has 0 aliphatic rings. The van der Waals surface area contributed by atoms with Gasteiger partial charge >= 0.3 is 11.9 Å². The third-order valence-electron chi connectivity index (χ3n) is 1.62. The molecule has 0 spiro atoms. The largest absolute Gasteiger partial charge is 0.508 e. The smallest absolute Gasteiger partial charge is 0.332 e. The topological polar surface area (TPSA) is 75.6 Å². The minimum atomic E-state index is -0.788. The molecule has 0 fully saturated rings. The predicted octanol–water partition coefficient (Wildman–Crippen LogP) is 1.11. The maximum Gasteiger partial charge on any atom is 0.332 e. The van der Waals surface area contributed by atoms with Crippen molar-refractivity contribution in [3.05, 3.63) is 24.3 Å². The van der Waals surface area contributed by atoms with Crippen LogP contribution in [-0.4, -0.2) is 29.5 Å². The second-order valence-corrected chi connectivity index (χ2v) is 3.15. The molecule has 5 nitrogen and oxygen atoms in total. The highest BCUT2D eigenvalue weighted by molar-refractivity contribution is 6.27. The van der Waals surface area contributed by atoms with Crippen molar-refractivity contribution in [1.82, 2.24) is 0 Å². The van der Waals surface area contributed by atoms with Gasteiger partial charge in [0.1, 0.15) is 18.2 Å². The Hall–Kier alpha value is -1.75. The molecule has 1 aromatic rings. The van der Waals surface area contributed by atoms with Crippen LogP contribution in [0, 0.1) is 0 Å². The predicted molar refractivity (Wildman–Crippen MR) is 58.4 cm³/mol. The molecule has 16 heavy (non-hydrogen) atoms. The number of alkyl halides is 1. The monoisotopic (exact) mass is 243 g/mol. The third-order valence-corrected chi connectivity index (χ3v) is 1.84. The number of carbonyl (C=O) groups excluding carboxylic acids is 2. The highest BCUT2D eigenvalue weighted by atomic mass is 35.5. The van der Waals surface area contributed by atoms with Crippen LogP contribution in [0.1, 0.15) is 0 Å². The Bertz CT molecular complexity index is 394. The van der Waals surface area contributed by atoms with Gasteiger partial charge in [-0.05, 0) is 12.1 Å². The number of aromatic hydroxyl groups is 1. The van der Waals surface area contributed by atoms with E-state index in [-0.39, 0.29) is 18.2 Å². The van der Waals surface area contributed by atoms with Crippen LogP contribution < -0.4 is 5.32 Å². The van der Waals surface area contributed by atoms with E-state index in [4.69, 9.17) is 16.7 Å². The van der Waals surface area contributed by atoms with Crippen molar-refractivity contribution in [3.63, 3.8) is 0 Å². The van der Waals surface area contributed by atoms with Crippen molar-refractivity contribution in [2.24, 2.45) is 0 Å². The number of nitrogens with one attached hydrogen (secondary N) is 1. The van der Waals surface area contributed by atoms with E-state index in [2.05, 4.69) is 10.1 Å². The third kappa shape index (κ3) is 4.18. The Kier molecular flexibility index (Phi) is 4.60. The standard InChI is InChI=1S/C10H10ClNO4/c11-5-9(14)16-10(15)6-12-7-2-1-3-8(13)4-7/h1-4,12-13H,5-6H2. The molecule has 1 rings (SSSR count). The summed E-state index contributed by atoms with van der Waals surface area (Å²) in [4.78, 5) is 21.7. The van der Waals surface area contributed by atoms with Crippen LogP contribution in [0.4, 0.5) is 5.69 Å². The van der Waals surface area contributed by atoms with Crippen molar-refractivity contribution in [2.45, 2.75) is 0 Å². The van der Waals surface area contributed by atoms with E-state index >= 15 is 0 Å². The maximum atomic E-state index is 11.0. The average Bonchev–Trinajstić information content (AvgIpc) is 2.26. The Morgan fingerprint density at radius 3 is 2.75 bits per heavy atom. The fourth-order valence-electron chi connectivity index (χ4n) is 0.980. The number of carbonyl (C=O) groups is 2. The van der Waals surface area contributed by atoms with Gasteiger partial charge in [-0.25, -0.2) is 4.79 Å². The van der Waals surface area contributed by atoms with Gasteiger partial charge in [0.25, 0.3) is 0 Å². The number of benzene rings is 1. The van der Waals surface area contributed by atoms with Crippen LogP contribution >= 0.6 is 11.6 Å². The molecule has 86 valence electrons. The molecule has 0 saturated carbocycles. The minimum absolute atomic E-state index is 0.0789. The molecule has 0 amide bonds. The summed E-state index contributed by atoms with van der Waals surface area (Å²) >= 11 is 5.15. The van der Waals surface area contributed by atoms with Crippen LogP contribution in [0.3, 0.4) is 0 Å². The quantitative estimate of drug-likeness (QED) is 0.471. The number of halogens is 1. The lowest BCUT2D eigenvalue weighted by Crippen LogP contribution is -2.21. The lowest BCUT2D eigenvalue weighted by Gasteiger charge is -2.05. The lowest BCUT2D eigenvalue weighted by molar-refractivity contribution is -0.156. The first-order valence-electron chi connectivity index (χ1n) is 4.44. The number of hydrogen-bond acceptors (Lipinski definition) is 5. The number of esters is 2. The molecule has 0 radical (unpaired) electrons. The summed E-state index contributed by atoms with van der Waals surface area (Å²) in [5.41, 5.74) is 0.551. The fraction of sp³-hybridized carbons (Fsp3) is 0.200. The number of rotatable bonds is 4. The van der Waals surface area contributed by atoms with Crippen LogP contribution in [0.25, 0.3) is 0 Å². The Labute approximate surface area is 97.0 Å². The van der Waals surface area contributed by atoms with Gasteiger partial charge in [0.15, 0.2) is 0 Å². The first-order chi connectivity index (χ1) is 7.61. The summed E-state index contributed by atoms with van der Waals surface area (Å²) in [5.74, 6) is -1.80. The molecule has 0 aromatic heterocycles. The van der Waals surface area contributed by atoms with Crippen molar-refractivity contribution < 1.29 is 19.4 Å². The number of anilines is 1. The summed E-state index contributed by atoms with van der Waals surface area (Å²) in [6.07, 6.45) is 0.